The topological polar surface area (TPSA) is 68.1 Å². The van der Waals surface area contributed by atoms with Gasteiger partial charge < -0.3 is 4.90 Å². The van der Waals surface area contributed by atoms with E-state index >= 15 is 4.39 Å². The van der Waals surface area contributed by atoms with Gasteiger partial charge in [-0.25, -0.2) is 13.2 Å². The van der Waals surface area contributed by atoms with Gasteiger partial charge in [0.05, 0.1) is 16.9 Å². The van der Waals surface area contributed by atoms with Gasteiger partial charge in [-0.3, -0.25) is 24.1 Å². The molecule has 10 heteroatoms. The fourth-order valence-electron chi connectivity index (χ4n) is 5.05. The molecular formula is C30H26ClF3N4O2. The molecule has 3 heterocycles. The van der Waals surface area contributed by atoms with Gasteiger partial charge in [-0.2, -0.15) is 0 Å². The molecule has 1 aromatic carbocycles. The lowest BCUT2D eigenvalue weighted by Crippen LogP contribution is -2.23. The van der Waals surface area contributed by atoms with Gasteiger partial charge in [-0.1, -0.05) is 17.7 Å². The minimum Gasteiger partial charge on any atom is -0.345 e. The zero-order valence-corrected chi connectivity index (χ0v) is 23.0. The summed E-state index contributed by atoms with van der Waals surface area (Å²) >= 11 is 6.62. The van der Waals surface area contributed by atoms with E-state index in [2.05, 4.69) is 9.97 Å². The Morgan fingerprint density at radius 2 is 1.85 bits per heavy atom. The van der Waals surface area contributed by atoms with Gasteiger partial charge in [-0.15, -0.1) is 0 Å². The lowest BCUT2D eigenvalue weighted by Gasteiger charge is -2.17. The van der Waals surface area contributed by atoms with E-state index < -0.39 is 23.7 Å². The van der Waals surface area contributed by atoms with E-state index in [1.54, 1.807) is 46.3 Å². The van der Waals surface area contributed by atoms with E-state index in [0.717, 1.165) is 6.20 Å². The number of hydrogen-bond donors (Lipinski definition) is 0. The van der Waals surface area contributed by atoms with Gasteiger partial charge in [0.25, 0.3) is 17.9 Å². The number of amides is 1. The molecule has 1 aliphatic carbocycles. The highest BCUT2D eigenvalue weighted by Gasteiger charge is 2.42. The fraction of sp³-hybridized carbons (Fsp3) is 0.267. The molecule has 5 rings (SSSR count). The molecule has 0 aliphatic heterocycles. The van der Waals surface area contributed by atoms with E-state index in [-0.39, 0.29) is 39.2 Å². The van der Waals surface area contributed by atoms with Crippen molar-refractivity contribution in [2.45, 2.75) is 38.5 Å². The number of rotatable bonds is 6. The summed E-state index contributed by atoms with van der Waals surface area (Å²) in [5.41, 5.74) is 2.80. The van der Waals surface area contributed by atoms with Gasteiger partial charge in [-0.05, 0) is 79.1 Å². The molecule has 40 heavy (non-hydrogen) atoms. The van der Waals surface area contributed by atoms with Crippen molar-refractivity contribution in [3.05, 3.63) is 110 Å². The summed E-state index contributed by atoms with van der Waals surface area (Å²) in [5.74, 6) is -1.33. The molecular weight excluding hydrogens is 541 g/mol. The molecule has 4 aromatic rings. The highest BCUT2D eigenvalue weighted by molar-refractivity contribution is 6.31. The van der Waals surface area contributed by atoms with E-state index in [0.29, 0.717) is 34.5 Å². The van der Waals surface area contributed by atoms with Gasteiger partial charge in [0.2, 0.25) is 0 Å². The van der Waals surface area contributed by atoms with Crippen molar-refractivity contribution in [1.82, 2.24) is 19.4 Å². The number of carbonyl (C=O) groups is 1. The Kier molecular flexibility index (Phi) is 7.27. The van der Waals surface area contributed by atoms with Crippen molar-refractivity contribution in [3.63, 3.8) is 0 Å². The van der Waals surface area contributed by atoms with Crippen LogP contribution in [0, 0.1) is 19.7 Å². The third-order valence-corrected chi connectivity index (χ3v) is 7.62. The minimum absolute atomic E-state index is 0.0404. The molecule has 0 saturated heterocycles. The second-order valence-electron chi connectivity index (χ2n) is 10.2. The van der Waals surface area contributed by atoms with Crippen LogP contribution in [0.4, 0.5) is 13.2 Å². The lowest BCUT2D eigenvalue weighted by atomic mass is 10.0. The summed E-state index contributed by atoms with van der Waals surface area (Å²) in [6.45, 7) is 3.55. The molecule has 1 fully saturated rings. The standard InChI is InChI=1S/C30H26ClF3N4O2/c1-15-12-36-24(19-6-5-7-20(27(19)32)29(39)37(3)4)11-25(15)38-16(2)8-23(26(31)30(38)40)22-10-21(22)17-9-18(28(33)34)14-35-13-17/h5-9,11-14,21-22,28H,10H2,1-4H3/t21?,22-/m1/s1. The first kappa shape index (κ1) is 27.6. The predicted octanol–water partition coefficient (Wildman–Crippen LogP) is 6.61. The van der Waals surface area contributed by atoms with Crippen molar-refractivity contribution >= 4 is 17.5 Å². The van der Waals surface area contributed by atoms with Crippen molar-refractivity contribution in [3.8, 4) is 16.9 Å². The summed E-state index contributed by atoms with van der Waals surface area (Å²) in [5, 5.41) is 0.0404. The smallest absolute Gasteiger partial charge is 0.274 e. The van der Waals surface area contributed by atoms with Crippen LogP contribution in [0.25, 0.3) is 16.9 Å². The van der Waals surface area contributed by atoms with Crippen LogP contribution < -0.4 is 5.56 Å². The minimum atomic E-state index is -2.61. The number of alkyl halides is 2. The molecule has 0 bridgehead atoms. The number of aromatic nitrogens is 3. The molecule has 6 nitrogen and oxygen atoms in total. The van der Waals surface area contributed by atoms with Crippen LogP contribution in [0.3, 0.4) is 0 Å². The molecule has 1 amide bonds. The van der Waals surface area contributed by atoms with E-state index in [1.165, 1.54) is 33.9 Å². The van der Waals surface area contributed by atoms with E-state index in [4.69, 9.17) is 11.6 Å². The summed E-state index contributed by atoms with van der Waals surface area (Å²) < 4.78 is 43.2. The normalized spacial score (nSPS) is 16.3. The first-order chi connectivity index (χ1) is 19.0. The van der Waals surface area contributed by atoms with Crippen LogP contribution in [0.2, 0.25) is 5.02 Å². The molecule has 3 aromatic heterocycles. The highest BCUT2D eigenvalue weighted by Crippen LogP contribution is 2.56. The van der Waals surface area contributed by atoms with E-state index in [1.807, 2.05) is 6.07 Å². The number of carbonyl (C=O) groups excluding carboxylic acids is 1. The first-order valence-corrected chi connectivity index (χ1v) is 13.0. The van der Waals surface area contributed by atoms with Gasteiger partial charge >= 0.3 is 0 Å². The van der Waals surface area contributed by atoms with Gasteiger partial charge in [0, 0.05) is 49.5 Å². The molecule has 1 aliphatic rings. The second-order valence-corrected chi connectivity index (χ2v) is 10.6. The quantitative estimate of drug-likeness (QED) is 0.263. The summed E-state index contributed by atoms with van der Waals surface area (Å²) in [4.78, 5) is 35.6. The Bertz CT molecular complexity index is 1700. The predicted molar refractivity (Wildman–Crippen MR) is 147 cm³/mol. The third-order valence-electron chi connectivity index (χ3n) is 7.24. The number of nitrogens with zero attached hydrogens (tertiary/aromatic N) is 4. The molecule has 1 saturated carbocycles. The van der Waals surface area contributed by atoms with Crippen LogP contribution in [-0.4, -0.2) is 39.4 Å². The average Bonchev–Trinajstić information content (AvgIpc) is 3.72. The van der Waals surface area contributed by atoms with Crippen LogP contribution in [-0.2, 0) is 0 Å². The van der Waals surface area contributed by atoms with E-state index in [9.17, 15) is 18.4 Å². The zero-order valence-electron chi connectivity index (χ0n) is 22.3. The largest absolute Gasteiger partial charge is 0.345 e. The Morgan fingerprint density at radius 3 is 2.55 bits per heavy atom. The summed E-state index contributed by atoms with van der Waals surface area (Å²) in [6, 6.07) is 9.40. The second kappa shape index (κ2) is 10.5. The Labute approximate surface area is 234 Å². The monoisotopic (exact) mass is 566 g/mol. The third kappa shape index (κ3) is 4.90. The van der Waals surface area contributed by atoms with Crippen LogP contribution in [0.15, 0.2) is 59.8 Å². The number of pyridine rings is 3. The summed E-state index contributed by atoms with van der Waals surface area (Å²) in [7, 11) is 3.08. The highest BCUT2D eigenvalue weighted by atomic mass is 35.5. The zero-order chi connectivity index (χ0) is 28.9. The average molecular weight is 567 g/mol. The number of hydrogen-bond acceptors (Lipinski definition) is 4. The molecule has 1 unspecified atom stereocenters. The maximum atomic E-state index is 15.4. The number of aryl methyl sites for hydroxylation is 2. The first-order valence-electron chi connectivity index (χ1n) is 12.6. The van der Waals surface area contributed by atoms with Crippen LogP contribution in [0.5, 0.6) is 0 Å². The lowest BCUT2D eigenvalue weighted by molar-refractivity contribution is 0.0823. The number of benzene rings is 1. The van der Waals surface area contributed by atoms with Gasteiger partial charge in [0.1, 0.15) is 10.8 Å². The molecule has 2 atom stereocenters. The maximum absolute atomic E-state index is 15.4. The molecule has 0 radical (unpaired) electrons. The Morgan fingerprint density at radius 1 is 1.10 bits per heavy atom. The summed E-state index contributed by atoms with van der Waals surface area (Å²) in [6.07, 6.45) is 2.31. The molecule has 0 N–H and O–H groups in total. The number of halogens is 4. The van der Waals surface area contributed by atoms with Crippen LogP contribution >= 0.6 is 11.6 Å². The Balaban J connectivity index is 1.53. The van der Waals surface area contributed by atoms with Crippen LogP contribution in [0.1, 0.15) is 63.0 Å². The SMILES string of the molecule is Cc1cnc(-c2cccc(C(=O)N(C)C)c2F)cc1-n1c(C)cc([C@@H]2CC2c2cncc(C(F)F)c2)c(Cl)c1=O. The maximum Gasteiger partial charge on any atom is 0.274 e. The van der Waals surface area contributed by atoms with Crippen molar-refractivity contribution in [1.29, 1.82) is 0 Å². The molecule has 206 valence electrons. The van der Waals surface area contributed by atoms with Crippen molar-refractivity contribution in [2.75, 3.05) is 14.1 Å². The fourth-order valence-corrected chi connectivity index (χ4v) is 5.33. The molecule has 0 spiro atoms. The van der Waals surface area contributed by atoms with Gasteiger partial charge in [0.15, 0.2) is 0 Å². The Hall–Kier alpha value is -3.98. The van der Waals surface area contributed by atoms with Crippen molar-refractivity contribution < 1.29 is 18.0 Å². The van der Waals surface area contributed by atoms with Crippen molar-refractivity contribution in [2.24, 2.45) is 0 Å².